The molecule has 1 saturated heterocycles. The number of hydrogen-bond acceptors (Lipinski definition) is 5. The Bertz CT molecular complexity index is 599. The molecule has 2 rings (SSSR count). The SMILES string of the molecule is CCc1ccc(S(=O)(=O)CC(=O)OCC2(C)COC2)cc1. The van der Waals surface area contributed by atoms with Crippen LogP contribution in [0.2, 0.25) is 0 Å². The summed E-state index contributed by atoms with van der Waals surface area (Å²) in [5.74, 6) is -1.35. The molecule has 0 radical (unpaired) electrons. The van der Waals surface area contributed by atoms with Gasteiger partial charge in [-0.1, -0.05) is 26.0 Å². The largest absolute Gasteiger partial charge is 0.464 e. The van der Waals surface area contributed by atoms with Gasteiger partial charge in [0.25, 0.3) is 0 Å². The third kappa shape index (κ3) is 4.04. The minimum atomic E-state index is -3.65. The van der Waals surface area contributed by atoms with Gasteiger partial charge in [-0.2, -0.15) is 0 Å². The molecule has 0 N–H and O–H groups in total. The minimum absolute atomic E-state index is 0.148. The van der Waals surface area contributed by atoms with E-state index in [4.69, 9.17) is 9.47 Å². The number of aryl methyl sites for hydroxylation is 1. The Kier molecular flexibility index (Phi) is 4.68. The number of ether oxygens (including phenoxy) is 2. The number of carbonyl (C=O) groups is 1. The second kappa shape index (κ2) is 6.15. The highest BCUT2D eigenvalue weighted by molar-refractivity contribution is 7.92. The monoisotopic (exact) mass is 312 g/mol. The number of carbonyl (C=O) groups excluding carboxylic acids is 1. The van der Waals surface area contributed by atoms with Crippen LogP contribution in [0.25, 0.3) is 0 Å². The molecule has 1 aliphatic rings. The first kappa shape index (κ1) is 16.0. The van der Waals surface area contributed by atoms with E-state index in [2.05, 4.69) is 0 Å². The average Bonchev–Trinajstić information content (AvgIpc) is 2.42. The lowest BCUT2D eigenvalue weighted by Crippen LogP contribution is -2.44. The molecule has 0 aromatic heterocycles. The fourth-order valence-corrected chi connectivity index (χ4v) is 3.11. The van der Waals surface area contributed by atoms with Gasteiger partial charge in [0.2, 0.25) is 0 Å². The highest BCUT2D eigenvalue weighted by atomic mass is 32.2. The molecule has 0 spiro atoms. The van der Waals surface area contributed by atoms with E-state index in [9.17, 15) is 13.2 Å². The number of sulfone groups is 1. The van der Waals surface area contributed by atoms with Crippen molar-refractivity contribution in [1.82, 2.24) is 0 Å². The molecule has 1 heterocycles. The van der Waals surface area contributed by atoms with Crippen LogP contribution in [0.1, 0.15) is 19.4 Å². The van der Waals surface area contributed by atoms with Gasteiger partial charge >= 0.3 is 5.97 Å². The highest BCUT2D eigenvalue weighted by Gasteiger charge is 2.35. The van der Waals surface area contributed by atoms with Gasteiger partial charge in [-0.05, 0) is 24.1 Å². The Labute approximate surface area is 125 Å². The van der Waals surface area contributed by atoms with Crippen LogP contribution in [0.5, 0.6) is 0 Å². The third-order valence-electron chi connectivity index (χ3n) is 3.48. The van der Waals surface area contributed by atoms with Gasteiger partial charge in [0, 0.05) is 5.41 Å². The normalized spacial score (nSPS) is 17.0. The zero-order valence-electron chi connectivity index (χ0n) is 12.3. The summed E-state index contributed by atoms with van der Waals surface area (Å²) in [6, 6.07) is 6.57. The van der Waals surface area contributed by atoms with E-state index in [1.807, 2.05) is 13.8 Å². The topological polar surface area (TPSA) is 69.7 Å². The Morgan fingerprint density at radius 3 is 2.38 bits per heavy atom. The first-order valence-electron chi connectivity index (χ1n) is 6.90. The van der Waals surface area contributed by atoms with Crippen LogP contribution in [0.15, 0.2) is 29.2 Å². The number of hydrogen-bond donors (Lipinski definition) is 0. The molecule has 1 fully saturated rings. The molecule has 0 atom stereocenters. The minimum Gasteiger partial charge on any atom is -0.464 e. The van der Waals surface area contributed by atoms with Crippen molar-refractivity contribution in [2.24, 2.45) is 5.41 Å². The van der Waals surface area contributed by atoms with Crippen molar-refractivity contribution in [2.75, 3.05) is 25.6 Å². The number of benzene rings is 1. The quantitative estimate of drug-likeness (QED) is 0.746. The van der Waals surface area contributed by atoms with Crippen LogP contribution < -0.4 is 0 Å². The third-order valence-corrected chi connectivity index (χ3v) is 5.09. The Hall–Kier alpha value is -1.40. The van der Waals surface area contributed by atoms with Crippen LogP contribution in [0.4, 0.5) is 0 Å². The van der Waals surface area contributed by atoms with Gasteiger partial charge in [0.05, 0.1) is 18.1 Å². The highest BCUT2D eigenvalue weighted by Crippen LogP contribution is 2.26. The van der Waals surface area contributed by atoms with Crippen molar-refractivity contribution in [2.45, 2.75) is 25.2 Å². The van der Waals surface area contributed by atoms with Crippen LogP contribution in [-0.4, -0.2) is 40.0 Å². The van der Waals surface area contributed by atoms with Crippen LogP contribution in [0.3, 0.4) is 0 Å². The van der Waals surface area contributed by atoms with E-state index in [-0.39, 0.29) is 16.9 Å². The van der Waals surface area contributed by atoms with E-state index in [0.717, 1.165) is 12.0 Å². The molecular weight excluding hydrogens is 292 g/mol. The van der Waals surface area contributed by atoms with Crippen molar-refractivity contribution in [3.05, 3.63) is 29.8 Å². The van der Waals surface area contributed by atoms with E-state index < -0.39 is 21.6 Å². The lowest BCUT2D eigenvalue weighted by molar-refractivity contribution is -0.162. The molecule has 1 aromatic rings. The predicted molar refractivity (Wildman–Crippen MR) is 77.8 cm³/mol. The van der Waals surface area contributed by atoms with Gasteiger partial charge in [0.1, 0.15) is 6.61 Å². The summed E-state index contributed by atoms with van der Waals surface area (Å²) in [5.41, 5.74) is 0.872. The lowest BCUT2D eigenvalue weighted by Gasteiger charge is -2.37. The van der Waals surface area contributed by atoms with E-state index >= 15 is 0 Å². The van der Waals surface area contributed by atoms with Crippen LogP contribution >= 0.6 is 0 Å². The molecule has 5 nitrogen and oxygen atoms in total. The fraction of sp³-hybridized carbons (Fsp3) is 0.533. The molecule has 0 saturated carbocycles. The molecule has 6 heteroatoms. The number of rotatable bonds is 6. The molecular formula is C15H20O5S. The summed E-state index contributed by atoms with van der Waals surface area (Å²) >= 11 is 0. The summed E-state index contributed by atoms with van der Waals surface area (Å²) < 4.78 is 34.4. The molecule has 116 valence electrons. The fourth-order valence-electron chi connectivity index (χ4n) is 2.00. The Morgan fingerprint density at radius 1 is 1.29 bits per heavy atom. The number of esters is 1. The maximum atomic E-state index is 12.1. The van der Waals surface area contributed by atoms with Crippen molar-refractivity contribution in [3.8, 4) is 0 Å². The molecule has 0 bridgehead atoms. The van der Waals surface area contributed by atoms with Crippen molar-refractivity contribution < 1.29 is 22.7 Å². The zero-order chi connectivity index (χ0) is 15.5. The predicted octanol–water partition coefficient (Wildman–Crippen LogP) is 1.60. The molecule has 21 heavy (non-hydrogen) atoms. The molecule has 0 amide bonds. The first-order valence-corrected chi connectivity index (χ1v) is 8.55. The molecule has 1 aliphatic heterocycles. The second-order valence-electron chi connectivity index (χ2n) is 5.72. The van der Waals surface area contributed by atoms with E-state index in [1.54, 1.807) is 12.1 Å². The van der Waals surface area contributed by atoms with Crippen molar-refractivity contribution in [1.29, 1.82) is 0 Å². The standard InChI is InChI=1S/C15H20O5S/c1-3-12-4-6-13(7-5-12)21(17,18)8-14(16)20-11-15(2)9-19-10-15/h4-7H,3,8-11H2,1-2H3. The van der Waals surface area contributed by atoms with E-state index in [0.29, 0.717) is 13.2 Å². The van der Waals surface area contributed by atoms with Gasteiger partial charge in [-0.15, -0.1) is 0 Å². The molecule has 1 aromatic carbocycles. The van der Waals surface area contributed by atoms with Gasteiger partial charge < -0.3 is 9.47 Å². The summed E-state index contributed by atoms with van der Waals surface area (Å²) in [5, 5.41) is 0. The summed E-state index contributed by atoms with van der Waals surface area (Å²) in [7, 11) is -3.65. The van der Waals surface area contributed by atoms with Gasteiger partial charge in [0.15, 0.2) is 15.6 Å². The summed E-state index contributed by atoms with van der Waals surface area (Å²) in [6.45, 7) is 5.18. The van der Waals surface area contributed by atoms with Gasteiger partial charge in [-0.25, -0.2) is 8.42 Å². The maximum Gasteiger partial charge on any atom is 0.321 e. The van der Waals surface area contributed by atoms with Crippen molar-refractivity contribution in [3.63, 3.8) is 0 Å². The maximum absolute atomic E-state index is 12.1. The van der Waals surface area contributed by atoms with Crippen molar-refractivity contribution >= 4 is 15.8 Å². The summed E-state index contributed by atoms with van der Waals surface area (Å²) in [6.07, 6.45) is 0.836. The average molecular weight is 312 g/mol. The Morgan fingerprint density at radius 2 is 1.90 bits per heavy atom. The molecule has 0 aliphatic carbocycles. The van der Waals surface area contributed by atoms with E-state index in [1.165, 1.54) is 12.1 Å². The zero-order valence-corrected chi connectivity index (χ0v) is 13.1. The summed E-state index contributed by atoms with van der Waals surface area (Å²) in [4.78, 5) is 11.8. The first-order chi connectivity index (χ1) is 9.85. The smallest absolute Gasteiger partial charge is 0.321 e. The van der Waals surface area contributed by atoms with Gasteiger partial charge in [-0.3, -0.25) is 4.79 Å². The second-order valence-corrected chi connectivity index (χ2v) is 7.71. The Balaban J connectivity index is 1.94. The lowest BCUT2D eigenvalue weighted by atomic mass is 9.90. The van der Waals surface area contributed by atoms with Crippen LogP contribution in [0, 0.1) is 5.41 Å². The van der Waals surface area contributed by atoms with Crippen LogP contribution in [-0.2, 0) is 30.5 Å². The molecule has 0 unspecified atom stereocenters.